The Morgan fingerprint density at radius 1 is 1.27 bits per heavy atom. The van der Waals surface area contributed by atoms with Crippen molar-refractivity contribution in [2.45, 2.75) is 32.8 Å². The van der Waals surface area contributed by atoms with E-state index in [2.05, 4.69) is 0 Å². The van der Waals surface area contributed by atoms with E-state index in [1.165, 1.54) is 17.0 Å². The molecule has 22 heavy (non-hydrogen) atoms. The lowest BCUT2D eigenvalue weighted by Gasteiger charge is -2.32. The normalized spacial score (nSPS) is 16.0. The first kappa shape index (κ1) is 16.9. The molecular weight excluding hydrogens is 400 g/mol. The van der Waals surface area contributed by atoms with Gasteiger partial charge >= 0.3 is 6.09 Å². The minimum atomic E-state index is -0.627. The third-order valence-corrected chi connectivity index (χ3v) is 4.13. The lowest BCUT2D eigenvalue weighted by Crippen LogP contribution is -2.39. The first-order valence-corrected chi connectivity index (χ1v) is 7.96. The van der Waals surface area contributed by atoms with E-state index in [4.69, 9.17) is 4.74 Å². The summed E-state index contributed by atoms with van der Waals surface area (Å²) < 4.78 is 19.0. The minimum Gasteiger partial charge on any atom is -0.443 e. The number of nitrogens with zero attached hydrogens (tertiary/aromatic N) is 1. The molecule has 0 aliphatic carbocycles. The Morgan fingerprint density at radius 3 is 2.41 bits per heavy atom. The molecule has 2 rings (SSSR count). The first-order valence-electron chi connectivity index (χ1n) is 6.88. The van der Waals surface area contributed by atoms with Crippen molar-refractivity contribution in [3.63, 3.8) is 0 Å². The smallest absolute Gasteiger partial charge is 0.414 e. The molecule has 1 aliphatic heterocycles. The molecule has 6 heteroatoms. The Balaban J connectivity index is 2.42. The molecule has 0 N–H and O–H groups in total. The first-order chi connectivity index (χ1) is 10.2. The predicted octanol–water partition coefficient (Wildman–Crippen LogP) is 4.14. The van der Waals surface area contributed by atoms with Crippen molar-refractivity contribution >= 4 is 40.2 Å². The molecule has 0 bridgehead atoms. The Labute approximate surface area is 142 Å². The van der Waals surface area contributed by atoms with E-state index in [1.807, 2.05) is 22.6 Å². The highest BCUT2D eigenvalue weighted by molar-refractivity contribution is 14.1. The fourth-order valence-corrected chi connectivity index (χ4v) is 2.95. The van der Waals surface area contributed by atoms with Gasteiger partial charge in [-0.3, -0.25) is 9.69 Å². The number of Topliss-reactive ketones (excluding diaryl/α,β-unsaturated/α-hetero) is 1. The van der Waals surface area contributed by atoms with Crippen molar-refractivity contribution in [3.8, 4) is 0 Å². The van der Waals surface area contributed by atoms with E-state index in [0.29, 0.717) is 14.8 Å². The number of rotatable bonds is 1. The third kappa shape index (κ3) is 3.85. The van der Waals surface area contributed by atoms with Gasteiger partial charge in [-0.2, -0.15) is 0 Å². The van der Waals surface area contributed by atoms with Crippen LogP contribution in [0, 0.1) is 5.82 Å². The number of hydrogen-bond donors (Lipinski definition) is 0. The largest absolute Gasteiger partial charge is 0.443 e. The molecule has 1 aromatic carbocycles. The molecule has 0 unspecified atom stereocenters. The van der Waals surface area contributed by atoms with Gasteiger partial charge in [0.2, 0.25) is 0 Å². The van der Waals surface area contributed by atoms with E-state index in [1.54, 1.807) is 32.9 Å². The van der Waals surface area contributed by atoms with E-state index >= 15 is 0 Å². The number of halogens is 2. The molecule has 0 aromatic heterocycles. The van der Waals surface area contributed by atoms with Crippen LogP contribution in [0.5, 0.6) is 0 Å². The van der Waals surface area contributed by atoms with Crippen LogP contribution < -0.4 is 0 Å². The Bertz CT molecular complexity index is 632. The molecule has 1 aromatic rings. The molecule has 0 atom stereocenters. The molecule has 4 nitrogen and oxygen atoms in total. The lowest BCUT2D eigenvalue weighted by atomic mass is 10.0. The second-order valence-corrected chi connectivity index (χ2v) is 7.05. The Morgan fingerprint density at radius 2 is 1.86 bits per heavy atom. The van der Waals surface area contributed by atoms with Crippen molar-refractivity contribution < 1.29 is 18.7 Å². The van der Waals surface area contributed by atoms with Crippen LogP contribution in [0.3, 0.4) is 0 Å². The summed E-state index contributed by atoms with van der Waals surface area (Å²) in [7, 11) is 0. The topological polar surface area (TPSA) is 46.6 Å². The number of amides is 1. The van der Waals surface area contributed by atoms with E-state index in [-0.39, 0.29) is 24.6 Å². The molecule has 0 radical (unpaired) electrons. The van der Waals surface area contributed by atoms with Crippen molar-refractivity contribution in [1.82, 2.24) is 4.90 Å². The van der Waals surface area contributed by atoms with Crippen LogP contribution in [0.4, 0.5) is 9.18 Å². The molecule has 0 saturated carbocycles. The standard InChI is InChI=1S/C16H17FINO3/c1-16(2,3)22-15(21)19-9-8-12(20)13(18)14(19)10-4-6-11(17)7-5-10/h4-7H,8-9H2,1-3H3. The van der Waals surface area contributed by atoms with Crippen LogP contribution in [0.15, 0.2) is 27.8 Å². The maximum Gasteiger partial charge on any atom is 0.414 e. The zero-order valence-corrected chi connectivity index (χ0v) is 14.8. The number of ketones is 1. The maximum atomic E-state index is 13.1. The molecule has 1 aliphatic rings. The number of benzene rings is 1. The van der Waals surface area contributed by atoms with Crippen LogP contribution in [0.1, 0.15) is 32.8 Å². The monoisotopic (exact) mass is 417 g/mol. The fraction of sp³-hybridized carbons (Fsp3) is 0.375. The van der Waals surface area contributed by atoms with Gasteiger partial charge in [0, 0.05) is 13.0 Å². The van der Waals surface area contributed by atoms with E-state index in [9.17, 15) is 14.0 Å². The summed E-state index contributed by atoms with van der Waals surface area (Å²) in [6, 6.07) is 5.72. The average molecular weight is 417 g/mol. The number of allylic oxidation sites excluding steroid dienone is 1. The third-order valence-electron chi connectivity index (χ3n) is 3.02. The zero-order valence-electron chi connectivity index (χ0n) is 12.7. The van der Waals surface area contributed by atoms with Gasteiger partial charge < -0.3 is 4.74 Å². The van der Waals surface area contributed by atoms with Crippen molar-refractivity contribution in [1.29, 1.82) is 0 Å². The highest BCUT2D eigenvalue weighted by Gasteiger charge is 2.32. The number of carbonyl (C=O) groups excluding carboxylic acids is 2. The molecule has 118 valence electrons. The molecule has 0 fully saturated rings. The molecular formula is C16H17FINO3. The van der Waals surface area contributed by atoms with Crippen molar-refractivity contribution in [2.75, 3.05) is 6.54 Å². The Kier molecular flexibility index (Phi) is 4.89. The number of carbonyl (C=O) groups is 2. The summed E-state index contributed by atoms with van der Waals surface area (Å²) >= 11 is 1.93. The maximum absolute atomic E-state index is 13.1. The minimum absolute atomic E-state index is 0.0280. The average Bonchev–Trinajstić information content (AvgIpc) is 2.41. The summed E-state index contributed by atoms with van der Waals surface area (Å²) in [6.07, 6.45) is -0.254. The molecule has 0 spiro atoms. The summed E-state index contributed by atoms with van der Waals surface area (Å²) in [4.78, 5) is 25.8. The van der Waals surface area contributed by atoms with Crippen LogP contribution in [-0.4, -0.2) is 28.9 Å². The van der Waals surface area contributed by atoms with Gasteiger partial charge in [0.15, 0.2) is 5.78 Å². The quantitative estimate of drug-likeness (QED) is 0.646. The van der Waals surface area contributed by atoms with E-state index in [0.717, 1.165) is 0 Å². The van der Waals surface area contributed by atoms with Crippen LogP contribution in [-0.2, 0) is 9.53 Å². The van der Waals surface area contributed by atoms with E-state index < -0.39 is 11.7 Å². The molecule has 0 saturated heterocycles. The number of hydrogen-bond acceptors (Lipinski definition) is 3. The lowest BCUT2D eigenvalue weighted by molar-refractivity contribution is -0.115. The van der Waals surface area contributed by atoms with Gasteiger partial charge in [0.25, 0.3) is 0 Å². The van der Waals surface area contributed by atoms with Gasteiger partial charge in [0.05, 0.1) is 9.28 Å². The van der Waals surface area contributed by atoms with Gasteiger partial charge in [-0.25, -0.2) is 9.18 Å². The Hall–Kier alpha value is -1.44. The summed E-state index contributed by atoms with van der Waals surface area (Å²) in [6.45, 7) is 5.61. The van der Waals surface area contributed by atoms with Gasteiger partial charge in [0.1, 0.15) is 11.4 Å². The zero-order chi connectivity index (χ0) is 16.5. The SMILES string of the molecule is CC(C)(C)OC(=O)N1CCC(=O)C(I)=C1c1ccc(F)cc1. The second-order valence-electron chi connectivity index (χ2n) is 5.97. The number of ether oxygens (including phenoxy) is 1. The summed E-state index contributed by atoms with van der Waals surface area (Å²) in [5, 5.41) is 0. The molecule has 1 heterocycles. The summed E-state index contributed by atoms with van der Waals surface area (Å²) in [5.74, 6) is -0.398. The fourth-order valence-electron chi connectivity index (χ4n) is 2.08. The van der Waals surface area contributed by atoms with Crippen LogP contribution in [0.25, 0.3) is 5.70 Å². The van der Waals surface area contributed by atoms with Crippen LogP contribution in [0.2, 0.25) is 0 Å². The van der Waals surface area contributed by atoms with Gasteiger partial charge in [-0.1, -0.05) is 0 Å². The summed E-state index contributed by atoms with van der Waals surface area (Å²) in [5.41, 5.74) is 0.466. The van der Waals surface area contributed by atoms with Gasteiger partial charge in [-0.05, 0) is 73.2 Å². The highest BCUT2D eigenvalue weighted by atomic mass is 127. The van der Waals surface area contributed by atoms with Gasteiger partial charge in [-0.15, -0.1) is 0 Å². The second kappa shape index (κ2) is 6.36. The van der Waals surface area contributed by atoms with Crippen LogP contribution >= 0.6 is 22.6 Å². The molecule has 1 amide bonds. The van der Waals surface area contributed by atoms with Crippen molar-refractivity contribution in [2.24, 2.45) is 0 Å². The highest BCUT2D eigenvalue weighted by Crippen LogP contribution is 2.33. The van der Waals surface area contributed by atoms with Crippen molar-refractivity contribution in [3.05, 3.63) is 39.2 Å². The predicted molar refractivity (Wildman–Crippen MR) is 89.9 cm³/mol.